The molecule has 158 valence electrons. The number of carbonyl (C=O) groups is 1. The van der Waals surface area contributed by atoms with Crippen LogP contribution in [0.25, 0.3) is 16.0 Å². The lowest BCUT2D eigenvalue weighted by atomic mass is 9.88. The number of benzene rings is 1. The van der Waals surface area contributed by atoms with Gasteiger partial charge >= 0.3 is 6.09 Å². The molecule has 3 aromatic rings. The number of fused-ring (bicyclic) bond motifs is 2. The number of methoxy groups -OCH3 is 1. The Balaban J connectivity index is 1.62. The summed E-state index contributed by atoms with van der Waals surface area (Å²) in [6.07, 6.45) is 5.25. The van der Waals surface area contributed by atoms with Gasteiger partial charge < -0.3 is 9.64 Å². The molecule has 0 radical (unpaired) electrons. The van der Waals surface area contributed by atoms with E-state index in [0.717, 1.165) is 36.4 Å². The van der Waals surface area contributed by atoms with Gasteiger partial charge in [-0.25, -0.2) is 4.79 Å². The van der Waals surface area contributed by atoms with Crippen LogP contribution in [-0.4, -0.2) is 36.2 Å². The monoisotopic (exact) mass is 450 g/mol. The van der Waals surface area contributed by atoms with E-state index in [-0.39, 0.29) is 6.09 Å². The Kier molecular flexibility index (Phi) is 5.55. The van der Waals surface area contributed by atoms with Crippen molar-refractivity contribution in [1.29, 1.82) is 0 Å². The number of hydrogen-bond acceptors (Lipinski definition) is 4. The van der Waals surface area contributed by atoms with Crippen molar-refractivity contribution in [2.45, 2.75) is 25.7 Å². The van der Waals surface area contributed by atoms with Crippen molar-refractivity contribution >= 4 is 34.6 Å². The predicted molar refractivity (Wildman–Crippen MR) is 126 cm³/mol. The summed E-state index contributed by atoms with van der Waals surface area (Å²) >= 11 is 8.09. The Morgan fingerprint density at radius 1 is 1.10 bits per heavy atom. The summed E-state index contributed by atoms with van der Waals surface area (Å²) in [4.78, 5) is 20.0. The van der Waals surface area contributed by atoms with Crippen LogP contribution in [0.3, 0.4) is 0 Å². The Morgan fingerprint density at radius 3 is 2.65 bits per heavy atom. The number of ether oxygens (including phenoxy) is 1. The van der Waals surface area contributed by atoms with Crippen molar-refractivity contribution in [3.63, 3.8) is 0 Å². The number of nitrogens with zero attached hydrogens (tertiary/aromatic N) is 2. The van der Waals surface area contributed by atoms with Gasteiger partial charge in [0.05, 0.1) is 12.8 Å². The minimum Gasteiger partial charge on any atom is -0.453 e. The fourth-order valence-electron chi connectivity index (χ4n) is 4.61. The fourth-order valence-corrected chi connectivity index (χ4v) is 5.51. The quantitative estimate of drug-likeness (QED) is 0.441. The topological polar surface area (TPSA) is 42.4 Å². The SMILES string of the molecule is COC(=O)N1CCC(=C2c3ccc(Cl)cc3CCc3cc(-c4cccs4)cnc32)CC1. The van der Waals surface area contributed by atoms with Gasteiger partial charge in [0, 0.05) is 40.3 Å². The zero-order valence-corrected chi connectivity index (χ0v) is 18.9. The smallest absolute Gasteiger partial charge is 0.409 e. The number of aryl methyl sites for hydroxylation is 2. The van der Waals surface area contributed by atoms with E-state index in [1.54, 1.807) is 16.2 Å². The van der Waals surface area contributed by atoms with Crippen LogP contribution < -0.4 is 0 Å². The first-order valence-electron chi connectivity index (χ1n) is 10.5. The molecule has 0 spiro atoms. The molecule has 0 bridgehead atoms. The maximum absolute atomic E-state index is 12.0. The van der Waals surface area contributed by atoms with Gasteiger partial charge in [0.15, 0.2) is 0 Å². The average Bonchev–Trinajstić information content (AvgIpc) is 3.29. The molecule has 0 unspecified atom stereocenters. The molecule has 2 aromatic heterocycles. The molecule has 0 N–H and O–H groups in total. The third-order valence-corrected chi connectivity index (χ3v) is 7.32. The predicted octanol–water partition coefficient (Wildman–Crippen LogP) is 6.23. The summed E-state index contributed by atoms with van der Waals surface area (Å²) < 4.78 is 4.91. The first-order chi connectivity index (χ1) is 15.1. The number of thiophene rings is 1. The van der Waals surface area contributed by atoms with Crippen LogP contribution >= 0.6 is 22.9 Å². The first-order valence-corrected chi connectivity index (χ1v) is 11.8. The number of aromatic nitrogens is 1. The molecule has 1 saturated heterocycles. The van der Waals surface area contributed by atoms with Crippen molar-refractivity contribution in [2.24, 2.45) is 0 Å². The molecule has 1 aliphatic heterocycles. The zero-order valence-electron chi connectivity index (χ0n) is 17.4. The summed E-state index contributed by atoms with van der Waals surface area (Å²) in [5.41, 5.74) is 8.58. The molecule has 1 aromatic carbocycles. The van der Waals surface area contributed by atoms with Gasteiger partial charge in [0.25, 0.3) is 0 Å². The summed E-state index contributed by atoms with van der Waals surface area (Å²) in [6, 6.07) is 12.7. The van der Waals surface area contributed by atoms with Crippen LogP contribution in [0.4, 0.5) is 4.79 Å². The van der Waals surface area contributed by atoms with E-state index < -0.39 is 0 Å². The average molecular weight is 451 g/mol. The third kappa shape index (κ3) is 3.88. The maximum atomic E-state index is 12.0. The van der Waals surface area contributed by atoms with Gasteiger partial charge in [-0.05, 0) is 72.0 Å². The lowest BCUT2D eigenvalue weighted by molar-refractivity contribution is 0.120. The van der Waals surface area contributed by atoms with Gasteiger partial charge in [-0.3, -0.25) is 4.98 Å². The van der Waals surface area contributed by atoms with Crippen LogP contribution in [0.15, 0.2) is 53.5 Å². The minimum absolute atomic E-state index is 0.254. The van der Waals surface area contributed by atoms with Crippen LogP contribution in [0.5, 0.6) is 0 Å². The highest BCUT2D eigenvalue weighted by Gasteiger charge is 2.27. The Labute approximate surface area is 191 Å². The number of carbonyl (C=O) groups excluding carboxylic acids is 1. The van der Waals surface area contributed by atoms with Crippen LogP contribution in [0, 0.1) is 0 Å². The van der Waals surface area contributed by atoms with E-state index >= 15 is 0 Å². The molecule has 0 saturated carbocycles. The highest BCUT2D eigenvalue weighted by atomic mass is 35.5. The van der Waals surface area contributed by atoms with E-state index in [0.29, 0.717) is 13.1 Å². The maximum Gasteiger partial charge on any atom is 0.409 e. The zero-order chi connectivity index (χ0) is 21.4. The molecule has 2 aliphatic rings. The molecule has 5 rings (SSSR count). The second kappa shape index (κ2) is 8.48. The lowest BCUT2D eigenvalue weighted by Crippen LogP contribution is -2.36. The number of amides is 1. The normalized spacial score (nSPS) is 15.9. The fraction of sp³-hybridized carbons (Fsp3) is 0.280. The summed E-state index contributed by atoms with van der Waals surface area (Å²) in [7, 11) is 1.44. The molecular formula is C25H23ClN2O2S. The third-order valence-electron chi connectivity index (χ3n) is 6.16. The Morgan fingerprint density at radius 2 is 1.90 bits per heavy atom. The van der Waals surface area contributed by atoms with Crippen molar-refractivity contribution in [3.05, 3.63) is 81.0 Å². The van der Waals surface area contributed by atoms with Crippen molar-refractivity contribution in [1.82, 2.24) is 9.88 Å². The van der Waals surface area contributed by atoms with Crippen molar-refractivity contribution < 1.29 is 9.53 Å². The number of rotatable bonds is 1. The number of likely N-dealkylation sites (tertiary alicyclic amines) is 1. The molecule has 1 amide bonds. The van der Waals surface area contributed by atoms with Crippen LogP contribution in [-0.2, 0) is 17.6 Å². The lowest BCUT2D eigenvalue weighted by Gasteiger charge is -2.29. The molecule has 3 heterocycles. The second-order valence-corrected chi connectivity index (χ2v) is 9.33. The Hall–Kier alpha value is -2.63. The molecule has 0 atom stereocenters. The summed E-state index contributed by atoms with van der Waals surface area (Å²) in [5.74, 6) is 0. The van der Waals surface area contributed by atoms with Crippen LogP contribution in [0.2, 0.25) is 5.02 Å². The van der Waals surface area contributed by atoms with E-state index in [2.05, 4.69) is 35.7 Å². The summed E-state index contributed by atoms with van der Waals surface area (Å²) in [6.45, 7) is 1.33. The van der Waals surface area contributed by atoms with Gasteiger partial charge in [-0.2, -0.15) is 0 Å². The summed E-state index contributed by atoms with van der Waals surface area (Å²) in [5, 5.41) is 2.86. The molecule has 31 heavy (non-hydrogen) atoms. The Bertz CT molecular complexity index is 1160. The largest absolute Gasteiger partial charge is 0.453 e. The molecular weight excluding hydrogens is 428 g/mol. The molecule has 1 aliphatic carbocycles. The standard InChI is InChI=1S/C25H23ClN2O2S/c1-30-25(29)28-10-8-16(9-11-28)23-21-7-6-20(26)14-17(21)4-5-18-13-19(15-27-24(18)23)22-3-2-12-31-22/h2-3,6-7,12-15H,4-5,8-11H2,1H3. The first kappa shape index (κ1) is 20.3. The minimum atomic E-state index is -0.254. The second-order valence-electron chi connectivity index (χ2n) is 7.95. The number of pyridine rings is 1. The van der Waals surface area contributed by atoms with E-state index in [4.69, 9.17) is 21.3 Å². The molecule has 4 nitrogen and oxygen atoms in total. The van der Waals surface area contributed by atoms with Crippen LogP contribution in [0.1, 0.15) is 35.2 Å². The highest BCUT2D eigenvalue weighted by molar-refractivity contribution is 7.13. The van der Waals surface area contributed by atoms with Gasteiger partial charge in [0.1, 0.15) is 0 Å². The van der Waals surface area contributed by atoms with E-state index in [1.807, 2.05) is 12.3 Å². The number of piperidine rings is 1. The number of hydrogen-bond donors (Lipinski definition) is 0. The highest BCUT2D eigenvalue weighted by Crippen LogP contribution is 2.39. The number of halogens is 1. The van der Waals surface area contributed by atoms with Gasteiger partial charge in [-0.1, -0.05) is 29.3 Å². The van der Waals surface area contributed by atoms with Gasteiger partial charge in [0.2, 0.25) is 0 Å². The van der Waals surface area contributed by atoms with Gasteiger partial charge in [-0.15, -0.1) is 11.3 Å². The van der Waals surface area contributed by atoms with Crippen molar-refractivity contribution in [2.75, 3.05) is 20.2 Å². The van der Waals surface area contributed by atoms with E-state index in [1.165, 1.54) is 45.4 Å². The molecule has 6 heteroatoms. The van der Waals surface area contributed by atoms with Crippen molar-refractivity contribution in [3.8, 4) is 10.4 Å². The van der Waals surface area contributed by atoms with E-state index in [9.17, 15) is 4.79 Å². The molecule has 1 fully saturated rings.